The standard InChI is InChI=1S/C8H6N2O3S/c11-7-3-5(9-4-14)1-2-6(7)8(12)10-13/h1-3,11,13H,(H,10,12). The molecule has 0 bridgehead atoms. The molecule has 0 fully saturated rings. The van der Waals surface area contributed by atoms with Gasteiger partial charge in [-0.05, 0) is 24.4 Å². The van der Waals surface area contributed by atoms with Crippen LogP contribution < -0.4 is 5.48 Å². The number of phenols is 1. The second-order valence-corrected chi connectivity index (χ2v) is 2.53. The lowest BCUT2D eigenvalue weighted by Crippen LogP contribution is -2.18. The lowest BCUT2D eigenvalue weighted by molar-refractivity contribution is 0.0703. The predicted molar refractivity (Wildman–Crippen MR) is 52.0 cm³/mol. The van der Waals surface area contributed by atoms with Gasteiger partial charge in [-0.1, -0.05) is 0 Å². The topological polar surface area (TPSA) is 81.9 Å². The molecule has 0 spiro atoms. The van der Waals surface area contributed by atoms with Gasteiger partial charge in [-0.2, -0.15) is 4.99 Å². The third-order valence-corrected chi connectivity index (χ3v) is 1.59. The van der Waals surface area contributed by atoms with Gasteiger partial charge in [0, 0.05) is 6.07 Å². The summed E-state index contributed by atoms with van der Waals surface area (Å²) in [7, 11) is 0. The molecule has 72 valence electrons. The van der Waals surface area contributed by atoms with E-state index in [9.17, 15) is 9.90 Å². The number of hydroxylamine groups is 1. The van der Waals surface area contributed by atoms with Crippen molar-refractivity contribution in [1.29, 1.82) is 0 Å². The molecule has 0 aliphatic carbocycles. The summed E-state index contributed by atoms with van der Waals surface area (Å²) in [5.41, 5.74) is 1.74. The van der Waals surface area contributed by atoms with Crippen LogP contribution in [0, 0.1) is 0 Å². The molecule has 1 aromatic carbocycles. The zero-order valence-corrected chi connectivity index (χ0v) is 7.71. The Hall–Kier alpha value is -1.75. The normalized spacial score (nSPS) is 8.93. The number of aliphatic imine (C=N–C) groups is 1. The van der Waals surface area contributed by atoms with Gasteiger partial charge in [0.15, 0.2) is 0 Å². The number of nitrogens with one attached hydrogen (secondary N) is 1. The largest absolute Gasteiger partial charge is 0.507 e. The van der Waals surface area contributed by atoms with Crippen molar-refractivity contribution < 1.29 is 15.1 Å². The van der Waals surface area contributed by atoms with Crippen LogP contribution in [0.15, 0.2) is 23.2 Å². The van der Waals surface area contributed by atoms with Crippen LogP contribution >= 0.6 is 12.2 Å². The predicted octanol–water partition coefficient (Wildman–Crippen LogP) is 1.25. The lowest BCUT2D eigenvalue weighted by Gasteiger charge is -2.01. The van der Waals surface area contributed by atoms with E-state index in [0.29, 0.717) is 5.69 Å². The van der Waals surface area contributed by atoms with Gasteiger partial charge in [0.05, 0.1) is 16.4 Å². The molecule has 1 rings (SSSR count). The van der Waals surface area contributed by atoms with Crippen molar-refractivity contribution in [3.63, 3.8) is 0 Å². The number of hydrogen-bond donors (Lipinski definition) is 3. The zero-order chi connectivity index (χ0) is 10.6. The molecule has 0 saturated carbocycles. The maximum absolute atomic E-state index is 10.9. The van der Waals surface area contributed by atoms with Crippen molar-refractivity contribution in [2.24, 2.45) is 4.99 Å². The maximum Gasteiger partial charge on any atom is 0.278 e. The van der Waals surface area contributed by atoms with Gasteiger partial charge in [-0.15, -0.1) is 0 Å². The van der Waals surface area contributed by atoms with E-state index in [2.05, 4.69) is 22.4 Å². The fourth-order valence-corrected chi connectivity index (χ4v) is 1.000. The average Bonchev–Trinajstić information content (AvgIpc) is 2.17. The van der Waals surface area contributed by atoms with Crippen LogP contribution in [0.1, 0.15) is 10.4 Å². The Bertz CT molecular complexity index is 413. The first-order valence-electron chi connectivity index (χ1n) is 3.54. The van der Waals surface area contributed by atoms with Crippen LogP contribution in [0.5, 0.6) is 5.75 Å². The van der Waals surface area contributed by atoms with Crippen molar-refractivity contribution in [3.8, 4) is 5.75 Å². The van der Waals surface area contributed by atoms with E-state index < -0.39 is 5.91 Å². The first-order chi connectivity index (χ1) is 6.69. The monoisotopic (exact) mass is 210 g/mol. The van der Waals surface area contributed by atoms with E-state index >= 15 is 0 Å². The quantitative estimate of drug-likeness (QED) is 0.297. The van der Waals surface area contributed by atoms with Crippen molar-refractivity contribution in [3.05, 3.63) is 23.8 Å². The molecule has 3 N–H and O–H groups in total. The molecule has 0 aromatic heterocycles. The average molecular weight is 210 g/mol. The van der Waals surface area contributed by atoms with E-state index in [4.69, 9.17) is 5.21 Å². The Morgan fingerprint density at radius 1 is 1.57 bits per heavy atom. The van der Waals surface area contributed by atoms with Crippen LogP contribution in [0.4, 0.5) is 5.69 Å². The molecular formula is C8H6N2O3S. The van der Waals surface area contributed by atoms with Crippen LogP contribution in [0.2, 0.25) is 0 Å². The number of thiocarbonyl (C=S) groups is 1. The number of phenolic OH excluding ortho intramolecular Hbond substituents is 1. The summed E-state index contributed by atoms with van der Waals surface area (Å²) in [6.07, 6.45) is 0. The fourth-order valence-electron chi connectivity index (χ4n) is 0.895. The molecule has 0 atom stereocenters. The minimum Gasteiger partial charge on any atom is -0.507 e. The van der Waals surface area contributed by atoms with Crippen molar-refractivity contribution in [2.75, 3.05) is 0 Å². The number of amides is 1. The van der Waals surface area contributed by atoms with Crippen molar-refractivity contribution >= 4 is 29.0 Å². The second-order valence-electron chi connectivity index (χ2n) is 2.35. The summed E-state index contributed by atoms with van der Waals surface area (Å²) in [4.78, 5) is 14.5. The maximum atomic E-state index is 10.9. The van der Waals surface area contributed by atoms with Crippen LogP contribution in [0.25, 0.3) is 0 Å². The molecule has 0 aliphatic heterocycles. The van der Waals surface area contributed by atoms with Gasteiger partial charge < -0.3 is 5.11 Å². The van der Waals surface area contributed by atoms with Crippen LogP contribution in [-0.4, -0.2) is 21.4 Å². The van der Waals surface area contributed by atoms with Gasteiger partial charge in [-0.25, -0.2) is 5.48 Å². The minimum absolute atomic E-state index is 0.0455. The van der Waals surface area contributed by atoms with Gasteiger partial charge in [0.2, 0.25) is 0 Å². The van der Waals surface area contributed by atoms with Gasteiger partial charge in [0.25, 0.3) is 5.91 Å². The fraction of sp³-hybridized carbons (Fsp3) is 0. The van der Waals surface area contributed by atoms with E-state index in [0.717, 1.165) is 0 Å². The molecule has 0 saturated heterocycles. The lowest BCUT2D eigenvalue weighted by atomic mass is 10.2. The molecule has 14 heavy (non-hydrogen) atoms. The Kier molecular flexibility index (Phi) is 3.30. The van der Waals surface area contributed by atoms with Gasteiger partial charge in [0.1, 0.15) is 5.75 Å². The Morgan fingerprint density at radius 2 is 2.29 bits per heavy atom. The number of aromatic hydroxyl groups is 1. The summed E-state index contributed by atoms with van der Waals surface area (Å²) in [6, 6.07) is 4.01. The molecule has 1 amide bonds. The minimum atomic E-state index is -0.791. The summed E-state index contributed by atoms with van der Waals surface area (Å²) in [5.74, 6) is -1.08. The highest BCUT2D eigenvalue weighted by atomic mass is 32.1. The van der Waals surface area contributed by atoms with E-state index in [1.807, 2.05) is 0 Å². The Labute approximate surface area is 84.7 Å². The number of hydrogen-bond acceptors (Lipinski definition) is 5. The highest BCUT2D eigenvalue weighted by Gasteiger charge is 2.09. The second kappa shape index (κ2) is 4.48. The molecular weight excluding hydrogens is 204 g/mol. The number of carbonyl (C=O) groups is 1. The van der Waals surface area contributed by atoms with Crippen LogP contribution in [0.3, 0.4) is 0 Å². The van der Waals surface area contributed by atoms with E-state index in [1.54, 1.807) is 0 Å². The summed E-state index contributed by atoms with van der Waals surface area (Å²) in [6.45, 7) is 0. The molecule has 1 aromatic rings. The SMILES string of the molecule is O=C(NO)c1ccc(N=C=S)cc1O. The number of benzene rings is 1. The first-order valence-corrected chi connectivity index (χ1v) is 3.95. The zero-order valence-electron chi connectivity index (χ0n) is 6.89. The van der Waals surface area contributed by atoms with Gasteiger partial charge >= 0.3 is 0 Å². The van der Waals surface area contributed by atoms with E-state index in [-0.39, 0.29) is 11.3 Å². The van der Waals surface area contributed by atoms with Crippen molar-refractivity contribution in [2.45, 2.75) is 0 Å². The number of nitrogens with zero attached hydrogens (tertiary/aromatic N) is 1. The van der Waals surface area contributed by atoms with Crippen molar-refractivity contribution in [1.82, 2.24) is 5.48 Å². The number of rotatable bonds is 2. The molecule has 5 nitrogen and oxygen atoms in total. The molecule has 0 aliphatic rings. The third-order valence-electron chi connectivity index (χ3n) is 1.50. The molecule has 0 unspecified atom stereocenters. The van der Waals surface area contributed by atoms with E-state index in [1.165, 1.54) is 23.7 Å². The molecule has 0 heterocycles. The summed E-state index contributed by atoms with van der Waals surface area (Å²) < 4.78 is 0. The Morgan fingerprint density at radius 3 is 2.79 bits per heavy atom. The first kappa shape index (κ1) is 10.3. The smallest absolute Gasteiger partial charge is 0.278 e. The molecule has 6 heteroatoms. The van der Waals surface area contributed by atoms with Gasteiger partial charge in [-0.3, -0.25) is 10.0 Å². The summed E-state index contributed by atoms with van der Waals surface area (Å²) >= 11 is 4.37. The highest BCUT2D eigenvalue weighted by molar-refractivity contribution is 7.78. The highest BCUT2D eigenvalue weighted by Crippen LogP contribution is 2.23. The molecule has 0 radical (unpaired) electrons. The summed E-state index contributed by atoms with van der Waals surface area (Å²) in [5, 5.41) is 19.8. The Balaban J connectivity index is 3.13. The number of carbonyl (C=O) groups excluding carboxylic acids is 1. The number of isothiocyanates is 1. The third kappa shape index (κ3) is 2.14. The van der Waals surface area contributed by atoms with Crippen LogP contribution in [-0.2, 0) is 0 Å².